The average molecular weight is 463 g/mol. The van der Waals surface area contributed by atoms with Crippen LogP contribution in [0.1, 0.15) is 24.2 Å². The highest BCUT2D eigenvalue weighted by atomic mass is 32.2. The summed E-state index contributed by atoms with van der Waals surface area (Å²) in [4.78, 5) is 26.3. The van der Waals surface area contributed by atoms with Gasteiger partial charge in [-0.1, -0.05) is 18.2 Å². The van der Waals surface area contributed by atoms with Gasteiger partial charge in [-0.25, -0.2) is 13.2 Å². The van der Waals surface area contributed by atoms with Gasteiger partial charge >= 0.3 is 5.97 Å². The zero-order valence-corrected chi connectivity index (χ0v) is 18.9. The van der Waals surface area contributed by atoms with Gasteiger partial charge in [-0.2, -0.15) is 0 Å². The topological polar surface area (TPSA) is 111 Å². The summed E-state index contributed by atoms with van der Waals surface area (Å²) < 4.78 is 43.9. The minimum absolute atomic E-state index is 0.0180. The number of anilines is 1. The molecule has 2 aromatic rings. The maximum Gasteiger partial charge on any atom is 0.338 e. The number of hydrogen-bond donors (Lipinski definition) is 1. The van der Waals surface area contributed by atoms with E-state index in [1.165, 1.54) is 31.4 Å². The summed E-state index contributed by atoms with van der Waals surface area (Å²) in [6, 6.07) is 12.0. The number of methoxy groups -OCH3 is 1. The molecule has 32 heavy (non-hydrogen) atoms. The maximum absolute atomic E-state index is 12.8. The molecule has 1 aliphatic rings. The monoisotopic (exact) mass is 462 g/mol. The van der Waals surface area contributed by atoms with E-state index >= 15 is 0 Å². The number of benzene rings is 2. The molecule has 9 nitrogen and oxygen atoms in total. The van der Waals surface area contributed by atoms with Crippen LogP contribution in [0.5, 0.6) is 5.75 Å². The van der Waals surface area contributed by atoms with Crippen molar-refractivity contribution in [2.45, 2.75) is 31.0 Å². The molecule has 1 saturated heterocycles. The number of carbonyl (C=O) groups excluding carboxylic acids is 2. The van der Waals surface area contributed by atoms with Crippen molar-refractivity contribution >= 4 is 27.6 Å². The Morgan fingerprint density at radius 3 is 2.47 bits per heavy atom. The average Bonchev–Trinajstić information content (AvgIpc) is 2.76. The van der Waals surface area contributed by atoms with Crippen LogP contribution >= 0.6 is 0 Å². The van der Waals surface area contributed by atoms with Crippen molar-refractivity contribution < 1.29 is 32.2 Å². The highest BCUT2D eigenvalue weighted by Crippen LogP contribution is 2.26. The Bertz CT molecular complexity index is 1080. The molecule has 1 amide bonds. The number of sulfonamides is 1. The smallest absolute Gasteiger partial charge is 0.338 e. The third-order valence-electron chi connectivity index (χ3n) is 4.83. The lowest BCUT2D eigenvalue weighted by Gasteiger charge is -2.35. The van der Waals surface area contributed by atoms with Gasteiger partial charge in [0.25, 0.3) is 15.9 Å². The Morgan fingerprint density at radius 1 is 1.09 bits per heavy atom. The second-order valence-corrected chi connectivity index (χ2v) is 9.15. The van der Waals surface area contributed by atoms with Crippen molar-refractivity contribution in [2.24, 2.45) is 0 Å². The van der Waals surface area contributed by atoms with Crippen LogP contribution in [-0.2, 0) is 24.3 Å². The summed E-state index contributed by atoms with van der Waals surface area (Å²) in [5, 5.41) is 0. The normalized spacial score (nSPS) is 18.7. The number of ether oxygens (including phenoxy) is 3. The van der Waals surface area contributed by atoms with Gasteiger partial charge in [-0.15, -0.1) is 0 Å². The second-order valence-electron chi connectivity index (χ2n) is 7.47. The lowest BCUT2D eigenvalue weighted by atomic mass is 10.2. The second kappa shape index (κ2) is 10.0. The summed E-state index contributed by atoms with van der Waals surface area (Å²) in [6.45, 7) is 4.14. The molecule has 3 rings (SSSR count). The minimum atomic E-state index is -3.99. The lowest BCUT2D eigenvalue weighted by molar-refractivity contribution is -0.146. The summed E-state index contributed by atoms with van der Waals surface area (Å²) in [7, 11) is -2.56. The van der Waals surface area contributed by atoms with Crippen molar-refractivity contribution in [1.29, 1.82) is 0 Å². The molecule has 0 spiro atoms. The standard InChI is InChI=1S/C22H26N2O7S/c1-15-12-24(13-16(2)31-15)21(25)14-30-22(26)17-7-6-8-18(11-17)32(27,28)23-19-9-4-5-10-20(19)29-3/h4-11,15-16,23H,12-14H2,1-3H3. The zero-order chi connectivity index (χ0) is 23.3. The Hall–Kier alpha value is -3.11. The van der Waals surface area contributed by atoms with Crippen molar-refractivity contribution in [1.82, 2.24) is 4.90 Å². The van der Waals surface area contributed by atoms with Crippen LogP contribution in [0.4, 0.5) is 5.69 Å². The van der Waals surface area contributed by atoms with Crippen molar-refractivity contribution in [2.75, 3.05) is 31.5 Å². The highest BCUT2D eigenvalue weighted by molar-refractivity contribution is 7.92. The number of para-hydroxylation sites is 2. The Morgan fingerprint density at radius 2 is 1.78 bits per heavy atom. The van der Waals surface area contributed by atoms with Gasteiger partial charge in [0.15, 0.2) is 6.61 Å². The number of nitrogens with one attached hydrogen (secondary N) is 1. The summed E-state index contributed by atoms with van der Waals surface area (Å²) in [5.74, 6) is -0.763. The van der Waals surface area contributed by atoms with E-state index in [0.717, 1.165) is 0 Å². The van der Waals surface area contributed by atoms with Crippen LogP contribution in [0.25, 0.3) is 0 Å². The van der Waals surface area contributed by atoms with Gasteiger partial charge in [0.2, 0.25) is 0 Å². The summed E-state index contributed by atoms with van der Waals surface area (Å²) >= 11 is 0. The number of hydrogen-bond acceptors (Lipinski definition) is 7. The molecule has 172 valence electrons. The first-order chi connectivity index (χ1) is 15.2. The molecular weight excluding hydrogens is 436 g/mol. The molecule has 10 heteroatoms. The van der Waals surface area contributed by atoms with Crippen molar-refractivity contribution in [3.8, 4) is 5.75 Å². The SMILES string of the molecule is COc1ccccc1NS(=O)(=O)c1cccc(C(=O)OCC(=O)N2CC(C)OC(C)C2)c1. The van der Waals surface area contributed by atoms with E-state index in [4.69, 9.17) is 14.2 Å². The Kier molecular flexibility index (Phi) is 7.37. The van der Waals surface area contributed by atoms with Crippen LogP contribution in [0, 0.1) is 0 Å². The molecule has 0 aromatic heterocycles. The summed E-state index contributed by atoms with van der Waals surface area (Å²) in [5.41, 5.74) is 0.284. The van der Waals surface area contributed by atoms with E-state index in [1.54, 1.807) is 29.2 Å². The molecule has 2 atom stereocenters. The van der Waals surface area contributed by atoms with E-state index in [-0.39, 0.29) is 34.3 Å². The Labute approximate surface area is 187 Å². The third kappa shape index (κ3) is 5.77. The molecule has 1 heterocycles. The summed E-state index contributed by atoms with van der Waals surface area (Å²) in [6.07, 6.45) is -0.202. The maximum atomic E-state index is 12.8. The van der Waals surface area contributed by atoms with Crippen LogP contribution in [-0.4, -0.2) is 64.2 Å². The van der Waals surface area contributed by atoms with Gasteiger partial charge in [0.1, 0.15) is 5.75 Å². The zero-order valence-electron chi connectivity index (χ0n) is 18.1. The van der Waals surface area contributed by atoms with Gasteiger partial charge in [0, 0.05) is 13.1 Å². The van der Waals surface area contributed by atoms with Crippen LogP contribution in [0.3, 0.4) is 0 Å². The minimum Gasteiger partial charge on any atom is -0.495 e. The predicted molar refractivity (Wildman–Crippen MR) is 117 cm³/mol. The quantitative estimate of drug-likeness (QED) is 0.629. The largest absolute Gasteiger partial charge is 0.495 e. The molecule has 2 aromatic carbocycles. The molecule has 0 bridgehead atoms. The number of amides is 1. The van der Waals surface area contributed by atoms with E-state index < -0.39 is 22.6 Å². The first-order valence-corrected chi connectivity index (χ1v) is 11.5. The van der Waals surface area contributed by atoms with Crippen LogP contribution in [0.15, 0.2) is 53.4 Å². The molecule has 2 unspecified atom stereocenters. The van der Waals surface area contributed by atoms with Gasteiger partial charge < -0.3 is 19.1 Å². The third-order valence-corrected chi connectivity index (χ3v) is 6.19. The first kappa shape index (κ1) is 23.6. The molecule has 0 radical (unpaired) electrons. The van der Waals surface area contributed by atoms with Gasteiger partial charge in [0.05, 0.1) is 35.5 Å². The van der Waals surface area contributed by atoms with Crippen molar-refractivity contribution in [3.05, 3.63) is 54.1 Å². The molecule has 0 saturated carbocycles. The van der Waals surface area contributed by atoms with E-state index in [0.29, 0.717) is 18.8 Å². The van der Waals surface area contributed by atoms with E-state index in [9.17, 15) is 18.0 Å². The number of morpholine rings is 1. The van der Waals surface area contributed by atoms with Gasteiger partial charge in [-0.05, 0) is 44.2 Å². The first-order valence-electron chi connectivity index (χ1n) is 10.1. The molecule has 0 aliphatic carbocycles. The molecule has 1 fully saturated rings. The van der Waals surface area contributed by atoms with E-state index in [1.807, 2.05) is 13.8 Å². The number of nitrogens with zero attached hydrogens (tertiary/aromatic N) is 1. The fraction of sp³-hybridized carbons (Fsp3) is 0.364. The lowest BCUT2D eigenvalue weighted by Crippen LogP contribution is -2.49. The van der Waals surface area contributed by atoms with Crippen molar-refractivity contribution in [3.63, 3.8) is 0 Å². The fourth-order valence-electron chi connectivity index (χ4n) is 3.41. The molecular formula is C22H26N2O7S. The number of esters is 1. The molecule has 1 aliphatic heterocycles. The molecule has 1 N–H and O–H groups in total. The predicted octanol–water partition coefficient (Wildman–Crippen LogP) is 2.29. The van der Waals surface area contributed by atoms with E-state index in [2.05, 4.69) is 4.72 Å². The van der Waals surface area contributed by atoms with Crippen LogP contribution in [0.2, 0.25) is 0 Å². The number of rotatable bonds is 7. The van der Waals surface area contributed by atoms with Crippen LogP contribution < -0.4 is 9.46 Å². The van der Waals surface area contributed by atoms with Gasteiger partial charge in [-0.3, -0.25) is 9.52 Å². The Balaban J connectivity index is 1.67. The highest BCUT2D eigenvalue weighted by Gasteiger charge is 2.27. The fourth-order valence-corrected chi connectivity index (χ4v) is 4.52. The number of carbonyl (C=O) groups is 2.